The smallest absolute Gasteiger partial charge is 0.270 e. The summed E-state index contributed by atoms with van der Waals surface area (Å²) in [6.07, 6.45) is -3.50. The molecule has 0 unspecified atom stereocenters. The molecular formula is C12H15N3O6. The number of ether oxygens (including phenoxy) is 1. The maximum Gasteiger partial charge on any atom is 0.270 e. The fourth-order valence-corrected chi connectivity index (χ4v) is 2.09. The quantitative estimate of drug-likeness (QED) is 0.371. The van der Waals surface area contributed by atoms with Crippen molar-refractivity contribution in [3.05, 3.63) is 17.7 Å². The van der Waals surface area contributed by atoms with Gasteiger partial charge in [-0.05, 0) is 5.92 Å². The van der Waals surface area contributed by atoms with Gasteiger partial charge in [0.15, 0.2) is 11.9 Å². The molecule has 1 aliphatic rings. The molecule has 21 heavy (non-hydrogen) atoms. The van der Waals surface area contributed by atoms with Crippen LogP contribution in [-0.2, 0) is 4.74 Å². The average Bonchev–Trinajstić information content (AvgIpc) is 2.99. The topological polar surface area (TPSA) is 151 Å². The molecule has 0 aliphatic carbocycles. The van der Waals surface area contributed by atoms with Gasteiger partial charge in [-0.3, -0.25) is 9.36 Å². The van der Waals surface area contributed by atoms with Crippen molar-refractivity contribution in [2.45, 2.75) is 24.5 Å². The number of nitrogens with two attached hydrogens (primary N) is 1. The van der Waals surface area contributed by atoms with E-state index in [1.807, 2.05) is 0 Å². The standard InChI is InChI=1S/C12H15N3O6/c13-11(20)8-6(2-1-3-16)15(5-14-8)12-10(19)9(18)7(4-17)21-12/h5,7,9-10,12,16-19H,3-4H2,(H2,13,20)/t7-,9-,10-,12-/m1/s1. The lowest BCUT2D eigenvalue weighted by Gasteiger charge is -2.17. The maximum absolute atomic E-state index is 11.3. The van der Waals surface area contributed by atoms with Gasteiger partial charge in [0, 0.05) is 0 Å². The third kappa shape index (κ3) is 2.76. The summed E-state index contributed by atoms with van der Waals surface area (Å²) in [6, 6.07) is 0. The van der Waals surface area contributed by atoms with Crippen LogP contribution in [0.1, 0.15) is 22.4 Å². The number of primary amides is 1. The second kappa shape index (κ2) is 6.21. The molecule has 1 saturated heterocycles. The van der Waals surface area contributed by atoms with Crippen LogP contribution < -0.4 is 5.73 Å². The number of hydrogen-bond acceptors (Lipinski definition) is 7. The van der Waals surface area contributed by atoms with E-state index in [1.54, 1.807) is 0 Å². The van der Waals surface area contributed by atoms with Crippen LogP contribution in [0, 0.1) is 11.8 Å². The van der Waals surface area contributed by atoms with Crippen LogP contribution in [0.25, 0.3) is 0 Å². The first kappa shape index (κ1) is 15.4. The third-order valence-corrected chi connectivity index (χ3v) is 3.10. The largest absolute Gasteiger partial charge is 0.394 e. The minimum atomic E-state index is -1.34. The van der Waals surface area contributed by atoms with E-state index in [1.165, 1.54) is 10.9 Å². The summed E-state index contributed by atoms with van der Waals surface area (Å²) in [7, 11) is 0. The van der Waals surface area contributed by atoms with E-state index in [0.29, 0.717) is 0 Å². The van der Waals surface area contributed by atoms with Gasteiger partial charge in [-0.15, -0.1) is 0 Å². The van der Waals surface area contributed by atoms with E-state index in [2.05, 4.69) is 16.8 Å². The van der Waals surface area contributed by atoms with Crippen molar-refractivity contribution in [3.8, 4) is 11.8 Å². The SMILES string of the molecule is NC(=O)c1ncn([C@@H]2O[C@H](CO)[C@@H](O)[C@H]2O)c1C#CCO. The van der Waals surface area contributed by atoms with Gasteiger partial charge in [-0.1, -0.05) is 5.92 Å². The molecule has 2 heterocycles. The first-order valence-electron chi connectivity index (χ1n) is 6.10. The highest BCUT2D eigenvalue weighted by atomic mass is 16.6. The minimum Gasteiger partial charge on any atom is -0.394 e. The molecule has 1 fully saturated rings. The van der Waals surface area contributed by atoms with E-state index in [4.69, 9.17) is 20.7 Å². The Kier molecular flexibility index (Phi) is 4.56. The van der Waals surface area contributed by atoms with Gasteiger partial charge in [0.05, 0.1) is 12.9 Å². The zero-order valence-electron chi connectivity index (χ0n) is 10.9. The summed E-state index contributed by atoms with van der Waals surface area (Å²) in [6.45, 7) is -0.927. The highest BCUT2D eigenvalue weighted by Gasteiger charge is 2.44. The number of aliphatic hydroxyl groups is 4. The molecule has 6 N–H and O–H groups in total. The number of amides is 1. The van der Waals surface area contributed by atoms with Gasteiger partial charge in [-0.2, -0.15) is 0 Å². The fraction of sp³-hybridized carbons (Fsp3) is 0.500. The number of carbonyl (C=O) groups excluding carboxylic acids is 1. The Bertz CT molecular complexity index is 590. The van der Waals surface area contributed by atoms with Crippen molar-refractivity contribution < 1.29 is 30.0 Å². The average molecular weight is 297 g/mol. The third-order valence-electron chi connectivity index (χ3n) is 3.10. The molecule has 114 valence electrons. The number of aromatic nitrogens is 2. The normalized spacial score (nSPS) is 28.2. The predicted molar refractivity (Wildman–Crippen MR) is 67.7 cm³/mol. The number of nitrogens with zero attached hydrogens (tertiary/aromatic N) is 2. The van der Waals surface area contributed by atoms with Crippen LogP contribution in [0.15, 0.2) is 6.33 Å². The molecule has 2 rings (SSSR count). The van der Waals surface area contributed by atoms with Crippen molar-refractivity contribution in [1.29, 1.82) is 0 Å². The summed E-state index contributed by atoms with van der Waals surface area (Å²) in [5.74, 6) is 4.02. The van der Waals surface area contributed by atoms with Gasteiger partial charge in [-0.25, -0.2) is 4.98 Å². The fourth-order valence-electron chi connectivity index (χ4n) is 2.09. The van der Waals surface area contributed by atoms with Crippen molar-refractivity contribution in [2.75, 3.05) is 13.2 Å². The second-order valence-electron chi connectivity index (χ2n) is 4.40. The van der Waals surface area contributed by atoms with Gasteiger partial charge in [0.1, 0.15) is 30.6 Å². The highest BCUT2D eigenvalue weighted by Crippen LogP contribution is 2.30. The van der Waals surface area contributed by atoms with E-state index < -0.39 is 43.7 Å². The molecule has 0 spiro atoms. The van der Waals surface area contributed by atoms with Crippen LogP contribution in [0.4, 0.5) is 0 Å². The van der Waals surface area contributed by atoms with Gasteiger partial charge in [0.25, 0.3) is 5.91 Å². The number of rotatable bonds is 3. The van der Waals surface area contributed by atoms with Crippen molar-refractivity contribution in [1.82, 2.24) is 9.55 Å². The maximum atomic E-state index is 11.3. The zero-order valence-corrected chi connectivity index (χ0v) is 10.9. The molecule has 1 amide bonds. The van der Waals surface area contributed by atoms with Crippen molar-refractivity contribution in [3.63, 3.8) is 0 Å². The van der Waals surface area contributed by atoms with E-state index in [9.17, 15) is 15.0 Å². The molecule has 0 aromatic carbocycles. The number of aliphatic hydroxyl groups excluding tert-OH is 4. The first-order valence-corrected chi connectivity index (χ1v) is 6.10. The minimum absolute atomic E-state index is 0.0476. The molecule has 0 radical (unpaired) electrons. The lowest BCUT2D eigenvalue weighted by Crippen LogP contribution is -2.33. The Morgan fingerprint density at radius 2 is 2.14 bits per heavy atom. The van der Waals surface area contributed by atoms with Crippen LogP contribution in [0.3, 0.4) is 0 Å². The number of hydrogen-bond donors (Lipinski definition) is 5. The van der Waals surface area contributed by atoms with Gasteiger partial charge in [0.2, 0.25) is 0 Å². The molecule has 0 bridgehead atoms. The van der Waals surface area contributed by atoms with E-state index in [-0.39, 0.29) is 11.4 Å². The summed E-state index contributed by atoms with van der Waals surface area (Å²) in [4.78, 5) is 15.1. The Morgan fingerprint density at radius 3 is 2.67 bits per heavy atom. The number of carbonyl (C=O) groups is 1. The van der Waals surface area contributed by atoms with E-state index >= 15 is 0 Å². The Balaban J connectivity index is 2.42. The molecule has 1 aromatic rings. The van der Waals surface area contributed by atoms with E-state index in [0.717, 1.165) is 0 Å². The van der Waals surface area contributed by atoms with Crippen LogP contribution in [0.2, 0.25) is 0 Å². The highest BCUT2D eigenvalue weighted by molar-refractivity contribution is 5.93. The summed E-state index contributed by atoms with van der Waals surface area (Å²) in [5.41, 5.74) is 5.08. The van der Waals surface area contributed by atoms with Crippen LogP contribution in [0.5, 0.6) is 0 Å². The summed E-state index contributed by atoms with van der Waals surface area (Å²) in [5, 5.41) is 37.5. The first-order chi connectivity index (χ1) is 10.0. The molecule has 0 saturated carbocycles. The molecule has 9 heteroatoms. The molecule has 9 nitrogen and oxygen atoms in total. The molecule has 1 aromatic heterocycles. The van der Waals surface area contributed by atoms with Crippen molar-refractivity contribution >= 4 is 5.91 Å². The summed E-state index contributed by atoms with van der Waals surface area (Å²) >= 11 is 0. The Morgan fingerprint density at radius 1 is 1.43 bits per heavy atom. The lowest BCUT2D eigenvalue weighted by atomic mass is 10.1. The van der Waals surface area contributed by atoms with Crippen LogP contribution in [-0.4, -0.2) is 67.4 Å². The zero-order chi connectivity index (χ0) is 15.6. The predicted octanol–water partition coefficient (Wildman–Crippen LogP) is -3.06. The Labute approximate surface area is 119 Å². The van der Waals surface area contributed by atoms with Gasteiger partial charge >= 0.3 is 0 Å². The second-order valence-corrected chi connectivity index (χ2v) is 4.40. The molecule has 1 aliphatic heterocycles. The lowest BCUT2D eigenvalue weighted by molar-refractivity contribution is -0.0531. The Hall–Kier alpha value is -1.96. The summed E-state index contributed by atoms with van der Waals surface area (Å²) < 4.78 is 6.55. The monoisotopic (exact) mass is 297 g/mol. The van der Waals surface area contributed by atoms with Crippen LogP contribution >= 0.6 is 0 Å². The molecular weight excluding hydrogens is 282 g/mol. The van der Waals surface area contributed by atoms with Gasteiger partial charge < -0.3 is 30.9 Å². The van der Waals surface area contributed by atoms with Crippen molar-refractivity contribution in [2.24, 2.45) is 5.73 Å². The molecule has 4 atom stereocenters. The number of imidazole rings is 1.